The molecule has 3 heterocycles. The minimum atomic E-state index is -1.13. The number of aliphatic hydroxyl groups is 2. The quantitative estimate of drug-likeness (QED) is 0.511. The summed E-state index contributed by atoms with van der Waals surface area (Å²) < 4.78 is 8.49. The van der Waals surface area contributed by atoms with Crippen LogP contribution in [0.15, 0.2) is 33.8 Å². The van der Waals surface area contributed by atoms with Gasteiger partial charge in [0.05, 0.1) is 23.7 Å². The molecule has 1 saturated carbocycles. The standard InChI is InChI=1S/C20H20ClN5O4/c1-11(9-27)26-14-8-12(21)4-5-13(14)25-10-22-15(16(25)18(26)28)17-23-19(30-24-17)20(29)6-2-3-7-20/h4-5,8,10-11,27,29H,2-3,6-7,9H2,1H3. The summed E-state index contributed by atoms with van der Waals surface area (Å²) in [5.41, 5.74) is 0.314. The molecule has 1 aliphatic carbocycles. The van der Waals surface area contributed by atoms with Gasteiger partial charge in [-0.15, -0.1) is 0 Å². The molecule has 0 aliphatic heterocycles. The molecular weight excluding hydrogens is 410 g/mol. The fourth-order valence-electron chi connectivity index (χ4n) is 4.22. The number of aliphatic hydroxyl groups excluding tert-OH is 1. The van der Waals surface area contributed by atoms with Gasteiger partial charge in [0.15, 0.2) is 0 Å². The van der Waals surface area contributed by atoms with Crippen molar-refractivity contribution in [3.63, 3.8) is 0 Å². The fourth-order valence-corrected chi connectivity index (χ4v) is 4.38. The SMILES string of the molecule is CC(CO)n1c(=O)c2c(-c3noc(C4(O)CCCC4)n3)ncn2c2ccc(Cl)cc21. The zero-order valence-electron chi connectivity index (χ0n) is 16.2. The Bertz CT molecular complexity index is 1320. The largest absolute Gasteiger partial charge is 0.394 e. The zero-order valence-corrected chi connectivity index (χ0v) is 17.0. The molecule has 1 aromatic carbocycles. The second-order valence-corrected chi connectivity index (χ2v) is 8.25. The number of fused-ring (bicyclic) bond motifs is 3. The number of imidazole rings is 1. The summed E-state index contributed by atoms with van der Waals surface area (Å²) in [6, 6.07) is 4.72. The lowest BCUT2D eigenvalue weighted by molar-refractivity contribution is 0.0112. The van der Waals surface area contributed by atoms with Crippen molar-refractivity contribution < 1.29 is 14.7 Å². The molecule has 0 radical (unpaired) electrons. The molecule has 0 spiro atoms. The van der Waals surface area contributed by atoms with Crippen LogP contribution in [0.1, 0.15) is 44.5 Å². The van der Waals surface area contributed by atoms with Crippen molar-refractivity contribution in [2.75, 3.05) is 6.61 Å². The molecule has 1 atom stereocenters. The third-order valence-electron chi connectivity index (χ3n) is 5.82. The molecule has 0 amide bonds. The molecule has 3 aromatic heterocycles. The van der Waals surface area contributed by atoms with E-state index in [1.54, 1.807) is 29.5 Å². The lowest BCUT2D eigenvalue weighted by Gasteiger charge is -2.17. The molecule has 5 rings (SSSR count). The Labute approximate surface area is 175 Å². The predicted molar refractivity (Wildman–Crippen MR) is 109 cm³/mol. The van der Waals surface area contributed by atoms with Gasteiger partial charge >= 0.3 is 0 Å². The molecule has 30 heavy (non-hydrogen) atoms. The van der Waals surface area contributed by atoms with Crippen LogP contribution in [0.3, 0.4) is 0 Å². The number of nitrogens with zero attached hydrogens (tertiary/aromatic N) is 5. The van der Waals surface area contributed by atoms with E-state index in [2.05, 4.69) is 15.1 Å². The van der Waals surface area contributed by atoms with Crippen molar-refractivity contribution in [2.24, 2.45) is 0 Å². The summed E-state index contributed by atoms with van der Waals surface area (Å²) in [5.74, 6) is 0.286. The highest BCUT2D eigenvalue weighted by atomic mass is 35.5. The van der Waals surface area contributed by atoms with Gasteiger partial charge < -0.3 is 14.7 Å². The highest BCUT2D eigenvalue weighted by molar-refractivity contribution is 6.31. The van der Waals surface area contributed by atoms with E-state index in [1.807, 2.05) is 0 Å². The van der Waals surface area contributed by atoms with Crippen molar-refractivity contribution in [1.29, 1.82) is 0 Å². The zero-order chi connectivity index (χ0) is 21.0. The van der Waals surface area contributed by atoms with Gasteiger partial charge in [0.1, 0.15) is 23.1 Å². The third kappa shape index (κ3) is 2.77. The van der Waals surface area contributed by atoms with Crippen LogP contribution in [-0.4, -0.2) is 40.9 Å². The van der Waals surface area contributed by atoms with Gasteiger partial charge in [-0.3, -0.25) is 13.8 Å². The summed E-state index contributed by atoms with van der Waals surface area (Å²) in [6.45, 7) is 1.52. The number of benzene rings is 1. The summed E-state index contributed by atoms with van der Waals surface area (Å²) in [5, 5.41) is 24.9. The Kier molecular flexibility index (Phi) is 4.42. The minimum absolute atomic E-state index is 0.140. The molecule has 10 heteroatoms. The number of rotatable bonds is 4. The van der Waals surface area contributed by atoms with Crippen molar-refractivity contribution >= 4 is 28.2 Å². The predicted octanol–water partition coefficient (Wildman–Crippen LogP) is 2.67. The van der Waals surface area contributed by atoms with Gasteiger partial charge in [0.25, 0.3) is 11.4 Å². The summed E-state index contributed by atoms with van der Waals surface area (Å²) in [4.78, 5) is 22.2. The molecule has 9 nitrogen and oxygen atoms in total. The first-order chi connectivity index (χ1) is 14.4. The van der Waals surface area contributed by atoms with E-state index < -0.39 is 11.6 Å². The topological polar surface area (TPSA) is 119 Å². The molecule has 0 bridgehead atoms. The van der Waals surface area contributed by atoms with Gasteiger partial charge in [-0.05, 0) is 50.8 Å². The minimum Gasteiger partial charge on any atom is -0.394 e. The first kappa shape index (κ1) is 19.2. The highest BCUT2D eigenvalue weighted by Crippen LogP contribution is 2.38. The molecule has 156 valence electrons. The Morgan fingerprint density at radius 3 is 2.80 bits per heavy atom. The first-order valence-corrected chi connectivity index (χ1v) is 10.2. The van der Waals surface area contributed by atoms with Crippen LogP contribution in [-0.2, 0) is 5.60 Å². The van der Waals surface area contributed by atoms with Crippen molar-refractivity contribution in [2.45, 2.75) is 44.2 Å². The molecule has 1 fully saturated rings. The number of halogens is 1. The van der Waals surface area contributed by atoms with Gasteiger partial charge in [-0.25, -0.2) is 4.98 Å². The van der Waals surface area contributed by atoms with E-state index in [9.17, 15) is 15.0 Å². The Hall–Kier alpha value is -2.75. The molecule has 0 saturated heterocycles. The second-order valence-electron chi connectivity index (χ2n) is 7.81. The lowest BCUT2D eigenvalue weighted by Crippen LogP contribution is -2.27. The van der Waals surface area contributed by atoms with Gasteiger partial charge in [0.2, 0.25) is 5.82 Å². The molecular formula is C20H20ClN5O4. The monoisotopic (exact) mass is 429 g/mol. The van der Waals surface area contributed by atoms with E-state index in [-0.39, 0.29) is 35.1 Å². The first-order valence-electron chi connectivity index (χ1n) is 9.81. The maximum Gasteiger partial charge on any atom is 0.278 e. The van der Waals surface area contributed by atoms with E-state index >= 15 is 0 Å². The smallest absolute Gasteiger partial charge is 0.278 e. The van der Waals surface area contributed by atoms with Crippen LogP contribution in [0.25, 0.3) is 28.1 Å². The van der Waals surface area contributed by atoms with Crippen LogP contribution < -0.4 is 5.56 Å². The number of hydrogen-bond donors (Lipinski definition) is 2. The maximum atomic E-state index is 13.4. The lowest BCUT2D eigenvalue weighted by atomic mass is 10.0. The van der Waals surface area contributed by atoms with Gasteiger partial charge in [-0.1, -0.05) is 16.8 Å². The highest BCUT2D eigenvalue weighted by Gasteiger charge is 2.39. The van der Waals surface area contributed by atoms with Crippen molar-refractivity contribution in [1.82, 2.24) is 24.1 Å². The fraction of sp³-hybridized carbons (Fsp3) is 0.400. The summed E-state index contributed by atoms with van der Waals surface area (Å²) >= 11 is 6.16. The molecule has 1 aliphatic rings. The van der Waals surface area contributed by atoms with Crippen LogP contribution in [0, 0.1) is 0 Å². The molecule has 1 unspecified atom stereocenters. The van der Waals surface area contributed by atoms with Crippen LogP contribution >= 0.6 is 11.6 Å². The Balaban J connectivity index is 1.77. The Morgan fingerprint density at radius 2 is 2.07 bits per heavy atom. The van der Waals surface area contributed by atoms with Crippen LogP contribution in [0.4, 0.5) is 0 Å². The number of aromatic nitrogens is 5. The average molecular weight is 430 g/mol. The third-order valence-corrected chi connectivity index (χ3v) is 6.05. The van der Waals surface area contributed by atoms with E-state index in [1.165, 1.54) is 10.9 Å². The van der Waals surface area contributed by atoms with E-state index in [4.69, 9.17) is 16.1 Å². The van der Waals surface area contributed by atoms with Gasteiger partial charge in [-0.2, -0.15) is 4.98 Å². The van der Waals surface area contributed by atoms with Crippen LogP contribution in [0.2, 0.25) is 5.02 Å². The Morgan fingerprint density at radius 1 is 1.30 bits per heavy atom. The van der Waals surface area contributed by atoms with E-state index in [0.717, 1.165) is 12.8 Å². The second kappa shape index (κ2) is 6.90. The number of hydrogen-bond acceptors (Lipinski definition) is 7. The van der Waals surface area contributed by atoms with Gasteiger partial charge in [0, 0.05) is 5.02 Å². The van der Waals surface area contributed by atoms with Crippen molar-refractivity contribution in [3.05, 3.63) is 45.8 Å². The van der Waals surface area contributed by atoms with Crippen molar-refractivity contribution in [3.8, 4) is 11.5 Å². The summed E-state index contributed by atoms with van der Waals surface area (Å²) in [7, 11) is 0. The molecule has 2 N–H and O–H groups in total. The molecule has 4 aromatic rings. The van der Waals surface area contributed by atoms with Crippen LogP contribution in [0.5, 0.6) is 0 Å². The van der Waals surface area contributed by atoms with E-state index in [0.29, 0.717) is 28.9 Å². The maximum absolute atomic E-state index is 13.4. The normalized spacial score (nSPS) is 17.2. The summed E-state index contributed by atoms with van der Waals surface area (Å²) in [6.07, 6.45) is 4.42. The average Bonchev–Trinajstić information content (AvgIpc) is 3.47.